The number of aliphatic hydroxyl groups is 1. The van der Waals surface area contributed by atoms with Gasteiger partial charge in [-0.2, -0.15) is 0 Å². The van der Waals surface area contributed by atoms with Crippen LogP contribution in [0, 0.1) is 0 Å². The molecule has 0 aliphatic rings. The van der Waals surface area contributed by atoms with Crippen LogP contribution in [0.1, 0.15) is 32.3 Å². The molecule has 1 atom stereocenters. The van der Waals surface area contributed by atoms with Gasteiger partial charge >= 0.3 is 0 Å². The van der Waals surface area contributed by atoms with Gasteiger partial charge in [0, 0.05) is 18.7 Å². The van der Waals surface area contributed by atoms with Crippen LogP contribution < -0.4 is 14.8 Å². The third kappa shape index (κ3) is 4.36. The number of nitrogens with one attached hydrogen (secondary N) is 1. The summed E-state index contributed by atoms with van der Waals surface area (Å²) in [7, 11) is 3.25. The second-order valence-electron chi connectivity index (χ2n) is 5.05. The Morgan fingerprint density at radius 2 is 2.00 bits per heavy atom. The molecule has 1 unspecified atom stereocenters. The number of rotatable bonds is 8. The van der Waals surface area contributed by atoms with Gasteiger partial charge in [0.2, 0.25) is 0 Å². The molecule has 0 aromatic heterocycles. The minimum Gasteiger partial charge on any atom is -0.493 e. The molecule has 2 N–H and O–H groups in total. The maximum atomic E-state index is 9.14. The van der Waals surface area contributed by atoms with E-state index in [0.717, 1.165) is 22.9 Å². The molecule has 114 valence electrons. The zero-order chi connectivity index (χ0) is 15.2. The van der Waals surface area contributed by atoms with Crippen LogP contribution in [0.25, 0.3) is 0 Å². The zero-order valence-electron chi connectivity index (χ0n) is 12.6. The molecule has 0 aliphatic carbocycles. The molecule has 0 saturated heterocycles. The van der Waals surface area contributed by atoms with Gasteiger partial charge in [-0.25, -0.2) is 0 Å². The van der Waals surface area contributed by atoms with Gasteiger partial charge in [0.05, 0.1) is 18.7 Å². The largest absolute Gasteiger partial charge is 0.493 e. The highest BCUT2D eigenvalue weighted by molar-refractivity contribution is 9.10. The summed E-state index contributed by atoms with van der Waals surface area (Å²) in [5.74, 6) is 1.41. The Balaban J connectivity index is 2.85. The molecule has 5 heteroatoms. The summed E-state index contributed by atoms with van der Waals surface area (Å²) < 4.78 is 11.5. The van der Waals surface area contributed by atoms with Crippen LogP contribution in [0.3, 0.4) is 0 Å². The summed E-state index contributed by atoms with van der Waals surface area (Å²) >= 11 is 3.49. The lowest BCUT2D eigenvalue weighted by Gasteiger charge is -2.29. The van der Waals surface area contributed by atoms with Crippen molar-refractivity contribution in [2.24, 2.45) is 0 Å². The number of methoxy groups -OCH3 is 2. The molecular formula is C15H24BrNO3. The van der Waals surface area contributed by atoms with E-state index in [1.165, 1.54) is 0 Å². The monoisotopic (exact) mass is 345 g/mol. The van der Waals surface area contributed by atoms with Crippen LogP contribution in [0.5, 0.6) is 11.5 Å². The Hall–Kier alpha value is -0.780. The Bertz CT molecular complexity index is 439. The van der Waals surface area contributed by atoms with E-state index >= 15 is 0 Å². The fraction of sp³-hybridized carbons (Fsp3) is 0.600. The van der Waals surface area contributed by atoms with Crippen LogP contribution in [0.4, 0.5) is 0 Å². The maximum absolute atomic E-state index is 9.14. The summed E-state index contributed by atoms with van der Waals surface area (Å²) in [6.07, 6.45) is 1.69. The fourth-order valence-corrected chi connectivity index (χ4v) is 2.68. The number of hydrogen-bond acceptors (Lipinski definition) is 4. The molecule has 0 bridgehead atoms. The first kappa shape index (κ1) is 17.3. The van der Waals surface area contributed by atoms with Crippen LogP contribution in [-0.2, 0) is 6.54 Å². The lowest BCUT2D eigenvalue weighted by atomic mass is 9.94. The van der Waals surface area contributed by atoms with E-state index < -0.39 is 0 Å². The fourth-order valence-electron chi connectivity index (χ4n) is 2.03. The van der Waals surface area contributed by atoms with Gasteiger partial charge < -0.3 is 19.9 Å². The van der Waals surface area contributed by atoms with Crippen molar-refractivity contribution in [1.29, 1.82) is 0 Å². The van der Waals surface area contributed by atoms with Gasteiger partial charge in [0.25, 0.3) is 0 Å². The van der Waals surface area contributed by atoms with Gasteiger partial charge in [0.15, 0.2) is 11.5 Å². The van der Waals surface area contributed by atoms with E-state index in [1.54, 1.807) is 14.2 Å². The molecule has 0 heterocycles. The molecule has 20 heavy (non-hydrogen) atoms. The van der Waals surface area contributed by atoms with Crippen LogP contribution >= 0.6 is 15.9 Å². The third-order valence-electron chi connectivity index (χ3n) is 3.66. The Labute approximate surface area is 129 Å². The molecule has 1 aromatic carbocycles. The average molecular weight is 346 g/mol. The summed E-state index contributed by atoms with van der Waals surface area (Å²) in [6.45, 7) is 5.14. The smallest absolute Gasteiger partial charge is 0.174 e. The third-order valence-corrected chi connectivity index (χ3v) is 4.25. The number of benzene rings is 1. The number of halogens is 1. The van der Waals surface area contributed by atoms with E-state index in [9.17, 15) is 0 Å². The molecule has 0 amide bonds. The molecule has 0 spiro atoms. The first-order valence-electron chi connectivity index (χ1n) is 6.76. The molecule has 1 aromatic rings. The summed E-state index contributed by atoms with van der Waals surface area (Å²) in [5.41, 5.74) is 1.04. The topological polar surface area (TPSA) is 50.7 Å². The van der Waals surface area contributed by atoms with Gasteiger partial charge in [-0.05, 0) is 53.4 Å². The number of ether oxygens (including phenoxy) is 2. The zero-order valence-corrected chi connectivity index (χ0v) is 14.2. The normalized spacial score (nSPS) is 13.9. The van der Waals surface area contributed by atoms with Gasteiger partial charge in [0.1, 0.15) is 0 Å². The first-order chi connectivity index (χ1) is 9.49. The minimum absolute atomic E-state index is 0.0611. The molecular weight excluding hydrogens is 322 g/mol. The van der Waals surface area contributed by atoms with Gasteiger partial charge in [-0.1, -0.05) is 6.92 Å². The predicted octanol–water partition coefficient (Wildman–Crippen LogP) is 3.11. The standard InChI is InChI=1S/C15H24BrNO3/c1-5-15(2,6-7-18)17-10-11-8-12(16)14(20-4)13(9-11)19-3/h8-9,17-18H,5-7,10H2,1-4H3. The minimum atomic E-state index is -0.0611. The second kappa shape index (κ2) is 7.86. The SMILES string of the molecule is CCC(C)(CCO)NCc1cc(Br)c(OC)c(OC)c1. The van der Waals surface area contributed by atoms with E-state index in [2.05, 4.69) is 35.1 Å². The highest BCUT2D eigenvalue weighted by Crippen LogP contribution is 2.36. The maximum Gasteiger partial charge on any atom is 0.174 e. The van der Waals surface area contributed by atoms with E-state index in [-0.39, 0.29) is 12.1 Å². The molecule has 0 fully saturated rings. The molecule has 0 radical (unpaired) electrons. The quantitative estimate of drug-likeness (QED) is 0.760. The number of aliphatic hydroxyl groups excluding tert-OH is 1. The number of hydrogen-bond donors (Lipinski definition) is 2. The Morgan fingerprint density at radius 1 is 1.30 bits per heavy atom. The highest BCUT2D eigenvalue weighted by Gasteiger charge is 2.20. The highest BCUT2D eigenvalue weighted by atomic mass is 79.9. The molecule has 1 rings (SSSR count). The van der Waals surface area contributed by atoms with E-state index in [0.29, 0.717) is 18.0 Å². The Kier molecular flexibility index (Phi) is 6.79. The second-order valence-corrected chi connectivity index (χ2v) is 5.91. The van der Waals surface area contributed by atoms with Crippen molar-refractivity contribution in [1.82, 2.24) is 5.32 Å². The summed E-state index contributed by atoms with van der Waals surface area (Å²) in [4.78, 5) is 0. The lowest BCUT2D eigenvalue weighted by molar-refractivity contribution is 0.214. The molecule has 0 aliphatic heterocycles. The van der Waals surface area contributed by atoms with Crippen molar-refractivity contribution in [2.45, 2.75) is 38.8 Å². The molecule has 0 saturated carbocycles. The Morgan fingerprint density at radius 3 is 2.50 bits per heavy atom. The van der Waals surface area contributed by atoms with Crippen molar-refractivity contribution in [3.05, 3.63) is 22.2 Å². The summed E-state index contributed by atoms with van der Waals surface area (Å²) in [5, 5.41) is 12.6. The van der Waals surface area contributed by atoms with Crippen LogP contribution in [0.2, 0.25) is 0 Å². The van der Waals surface area contributed by atoms with E-state index in [1.807, 2.05) is 12.1 Å². The van der Waals surface area contributed by atoms with Crippen molar-refractivity contribution in [3.8, 4) is 11.5 Å². The van der Waals surface area contributed by atoms with Crippen LogP contribution in [-0.4, -0.2) is 31.5 Å². The first-order valence-corrected chi connectivity index (χ1v) is 7.55. The van der Waals surface area contributed by atoms with Gasteiger partial charge in [-0.15, -0.1) is 0 Å². The van der Waals surface area contributed by atoms with Crippen molar-refractivity contribution >= 4 is 15.9 Å². The van der Waals surface area contributed by atoms with Crippen molar-refractivity contribution in [2.75, 3.05) is 20.8 Å². The van der Waals surface area contributed by atoms with Gasteiger partial charge in [-0.3, -0.25) is 0 Å². The molecule has 4 nitrogen and oxygen atoms in total. The van der Waals surface area contributed by atoms with Crippen LogP contribution in [0.15, 0.2) is 16.6 Å². The summed E-state index contributed by atoms with van der Waals surface area (Å²) in [6, 6.07) is 3.98. The van der Waals surface area contributed by atoms with Crippen molar-refractivity contribution < 1.29 is 14.6 Å². The average Bonchev–Trinajstić information content (AvgIpc) is 2.44. The van der Waals surface area contributed by atoms with E-state index in [4.69, 9.17) is 14.6 Å². The predicted molar refractivity (Wildman–Crippen MR) is 84.5 cm³/mol. The van der Waals surface area contributed by atoms with Crippen molar-refractivity contribution in [3.63, 3.8) is 0 Å². The lowest BCUT2D eigenvalue weighted by Crippen LogP contribution is -2.42.